The fraction of sp³-hybridized carbons (Fsp3) is 0.462. The minimum absolute atomic E-state index is 0.0167. The van der Waals surface area contributed by atoms with Crippen LogP contribution in [0.1, 0.15) is 41.0 Å². The summed E-state index contributed by atoms with van der Waals surface area (Å²) >= 11 is 0. The van der Waals surface area contributed by atoms with Gasteiger partial charge in [-0.3, -0.25) is 0 Å². The zero-order chi connectivity index (χ0) is 13.4. The average Bonchev–Trinajstić information content (AvgIpc) is 2.25. The van der Waals surface area contributed by atoms with Crippen molar-refractivity contribution >= 4 is 17.4 Å². The number of carboxylic acid groups (broad SMARTS) is 1. The second kappa shape index (κ2) is 7.54. The van der Waals surface area contributed by atoms with Crippen LogP contribution >= 0.6 is 0 Å². The van der Waals surface area contributed by atoms with Gasteiger partial charge < -0.3 is 5.11 Å². The number of aliphatic carboxylic acids is 1. The van der Waals surface area contributed by atoms with E-state index in [4.69, 9.17) is 5.11 Å². The number of carbonyl (C=O) groups is 1. The van der Waals surface area contributed by atoms with E-state index in [0.29, 0.717) is 0 Å². The SMILES string of the molecule is CC/C=C/C(C(C)=N/N=C(/C)C(=O)O)=C(C)C. The van der Waals surface area contributed by atoms with Crippen LogP contribution in [0.2, 0.25) is 0 Å². The number of hydrogen-bond donors (Lipinski definition) is 1. The first-order valence-electron chi connectivity index (χ1n) is 5.56. The normalized spacial score (nSPS) is 13.0. The van der Waals surface area contributed by atoms with E-state index in [9.17, 15) is 4.79 Å². The van der Waals surface area contributed by atoms with Gasteiger partial charge in [0, 0.05) is 0 Å². The molecule has 0 saturated carbocycles. The lowest BCUT2D eigenvalue weighted by molar-refractivity contribution is -0.129. The van der Waals surface area contributed by atoms with Crippen LogP contribution in [0.5, 0.6) is 0 Å². The molecule has 0 unspecified atom stereocenters. The summed E-state index contributed by atoms with van der Waals surface area (Å²) in [7, 11) is 0. The van der Waals surface area contributed by atoms with Crippen LogP contribution < -0.4 is 0 Å². The average molecular weight is 236 g/mol. The zero-order valence-electron chi connectivity index (χ0n) is 11.1. The molecule has 4 heteroatoms. The van der Waals surface area contributed by atoms with Crippen molar-refractivity contribution < 1.29 is 9.90 Å². The minimum Gasteiger partial charge on any atom is -0.477 e. The van der Waals surface area contributed by atoms with Crippen molar-refractivity contribution in [3.63, 3.8) is 0 Å². The molecule has 0 aromatic rings. The highest BCUT2D eigenvalue weighted by Crippen LogP contribution is 2.09. The van der Waals surface area contributed by atoms with Gasteiger partial charge in [0.25, 0.3) is 0 Å². The van der Waals surface area contributed by atoms with E-state index >= 15 is 0 Å². The molecule has 4 nitrogen and oxygen atoms in total. The van der Waals surface area contributed by atoms with Crippen molar-refractivity contribution in [1.29, 1.82) is 0 Å². The van der Waals surface area contributed by atoms with Gasteiger partial charge in [0.2, 0.25) is 0 Å². The van der Waals surface area contributed by atoms with Gasteiger partial charge in [-0.15, -0.1) is 5.10 Å². The Morgan fingerprint density at radius 1 is 1.12 bits per heavy atom. The summed E-state index contributed by atoms with van der Waals surface area (Å²) in [6.45, 7) is 9.27. The highest BCUT2D eigenvalue weighted by atomic mass is 16.4. The Kier molecular flexibility index (Phi) is 6.79. The molecule has 0 bridgehead atoms. The lowest BCUT2D eigenvalue weighted by Gasteiger charge is -2.03. The highest BCUT2D eigenvalue weighted by molar-refractivity contribution is 6.34. The molecule has 0 radical (unpaired) electrons. The maximum Gasteiger partial charge on any atom is 0.351 e. The number of rotatable bonds is 5. The van der Waals surface area contributed by atoms with Crippen molar-refractivity contribution in [2.24, 2.45) is 10.2 Å². The molecule has 0 fully saturated rings. The molecule has 0 aromatic heterocycles. The number of hydrogen-bond acceptors (Lipinski definition) is 3. The molecule has 0 aliphatic carbocycles. The number of allylic oxidation sites excluding steroid dienone is 4. The van der Waals surface area contributed by atoms with E-state index in [-0.39, 0.29) is 5.71 Å². The third-order valence-electron chi connectivity index (χ3n) is 2.11. The van der Waals surface area contributed by atoms with Crippen LogP contribution in [0.25, 0.3) is 0 Å². The van der Waals surface area contributed by atoms with Crippen molar-refractivity contribution in [3.8, 4) is 0 Å². The second-order valence-electron chi connectivity index (χ2n) is 3.90. The molecule has 94 valence electrons. The van der Waals surface area contributed by atoms with Crippen LogP contribution in [0.3, 0.4) is 0 Å². The Labute approximate surface area is 102 Å². The van der Waals surface area contributed by atoms with Crippen LogP contribution in [0.4, 0.5) is 0 Å². The molecular formula is C13H20N2O2. The lowest BCUT2D eigenvalue weighted by Crippen LogP contribution is -2.07. The van der Waals surface area contributed by atoms with Crippen molar-refractivity contribution in [3.05, 3.63) is 23.3 Å². The highest BCUT2D eigenvalue weighted by Gasteiger charge is 2.02. The third-order valence-corrected chi connectivity index (χ3v) is 2.11. The Hall–Kier alpha value is -1.71. The molecule has 0 spiro atoms. The molecule has 0 aliphatic heterocycles. The van der Waals surface area contributed by atoms with E-state index in [1.807, 2.05) is 32.9 Å². The molecule has 0 aromatic carbocycles. The quantitative estimate of drug-likeness (QED) is 0.452. The van der Waals surface area contributed by atoms with Gasteiger partial charge in [0.05, 0.1) is 5.71 Å². The first-order valence-corrected chi connectivity index (χ1v) is 5.56. The molecule has 0 saturated heterocycles. The fourth-order valence-electron chi connectivity index (χ4n) is 1.13. The lowest BCUT2D eigenvalue weighted by atomic mass is 10.1. The summed E-state index contributed by atoms with van der Waals surface area (Å²) < 4.78 is 0. The van der Waals surface area contributed by atoms with Gasteiger partial charge in [-0.25, -0.2) is 4.79 Å². The molecule has 0 atom stereocenters. The van der Waals surface area contributed by atoms with Crippen molar-refractivity contribution in [1.82, 2.24) is 0 Å². The summed E-state index contributed by atoms with van der Waals surface area (Å²) in [4.78, 5) is 10.6. The molecule has 0 amide bonds. The van der Waals surface area contributed by atoms with E-state index in [0.717, 1.165) is 23.3 Å². The number of nitrogens with zero attached hydrogens (tertiary/aromatic N) is 2. The van der Waals surface area contributed by atoms with Gasteiger partial charge in [-0.05, 0) is 39.7 Å². The molecule has 17 heavy (non-hydrogen) atoms. The predicted molar refractivity (Wildman–Crippen MR) is 71.7 cm³/mol. The summed E-state index contributed by atoms with van der Waals surface area (Å²) in [5.74, 6) is -1.05. The summed E-state index contributed by atoms with van der Waals surface area (Å²) in [5, 5.41) is 16.3. The van der Waals surface area contributed by atoms with Crippen LogP contribution in [0.15, 0.2) is 33.5 Å². The van der Waals surface area contributed by atoms with Crippen molar-refractivity contribution in [2.45, 2.75) is 41.0 Å². The Balaban J connectivity index is 5.13. The second-order valence-corrected chi connectivity index (χ2v) is 3.90. The number of carboxylic acids is 1. The Morgan fingerprint density at radius 3 is 2.06 bits per heavy atom. The van der Waals surface area contributed by atoms with Gasteiger partial charge >= 0.3 is 5.97 Å². The first-order chi connectivity index (χ1) is 7.90. The van der Waals surface area contributed by atoms with E-state index in [1.165, 1.54) is 6.92 Å². The Morgan fingerprint density at radius 2 is 1.65 bits per heavy atom. The molecule has 0 heterocycles. The molecule has 1 N–H and O–H groups in total. The minimum atomic E-state index is -1.05. The topological polar surface area (TPSA) is 62.0 Å². The van der Waals surface area contributed by atoms with Gasteiger partial charge in [0.1, 0.15) is 5.71 Å². The fourth-order valence-corrected chi connectivity index (χ4v) is 1.13. The maximum atomic E-state index is 10.6. The predicted octanol–water partition coefficient (Wildman–Crippen LogP) is 3.21. The molecule has 0 rings (SSSR count). The van der Waals surface area contributed by atoms with Gasteiger partial charge in [-0.2, -0.15) is 5.10 Å². The van der Waals surface area contributed by atoms with E-state index < -0.39 is 5.97 Å². The smallest absolute Gasteiger partial charge is 0.351 e. The molecular weight excluding hydrogens is 216 g/mol. The largest absolute Gasteiger partial charge is 0.477 e. The zero-order valence-corrected chi connectivity index (χ0v) is 11.1. The summed E-state index contributed by atoms with van der Waals surface area (Å²) in [6.07, 6.45) is 4.97. The van der Waals surface area contributed by atoms with Crippen LogP contribution in [0, 0.1) is 0 Å². The van der Waals surface area contributed by atoms with Crippen LogP contribution in [-0.2, 0) is 4.79 Å². The summed E-state index contributed by atoms with van der Waals surface area (Å²) in [5.41, 5.74) is 2.82. The molecule has 0 aliphatic rings. The van der Waals surface area contributed by atoms with Gasteiger partial charge in [0.15, 0.2) is 0 Å². The monoisotopic (exact) mass is 236 g/mol. The first kappa shape index (κ1) is 15.3. The standard InChI is InChI=1S/C13H20N2O2/c1-6-7-8-12(9(2)3)10(4)14-15-11(5)13(16)17/h7-8H,6H2,1-5H3,(H,16,17)/b8-7+,14-10?,15-11-. The van der Waals surface area contributed by atoms with E-state index in [2.05, 4.69) is 17.1 Å². The summed E-state index contributed by atoms with van der Waals surface area (Å²) in [6, 6.07) is 0. The Bertz CT molecular complexity index is 398. The van der Waals surface area contributed by atoms with Gasteiger partial charge in [-0.1, -0.05) is 24.6 Å². The maximum absolute atomic E-state index is 10.6. The van der Waals surface area contributed by atoms with Crippen LogP contribution in [-0.4, -0.2) is 22.5 Å². The van der Waals surface area contributed by atoms with Crippen molar-refractivity contribution in [2.75, 3.05) is 0 Å². The third kappa shape index (κ3) is 5.80. The van der Waals surface area contributed by atoms with E-state index in [1.54, 1.807) is 0 Å².